The van der Waals surface area contributed by atoms with E-state index in [1.165, 1.54) is 5.56 Å². The molecule has 0 bridgehead atoms. The molecule has 0 heterocycles. The number of hydrogen-bond acceptors (Lipinski definition) is 2. The predicted octanol–water partition coefficient (Wildman–Crippen LogP) is 2.76. The molecule has 1 aromatic rings. The number of carboxylic acids is 1. The molecule has 114 valence electrons. The van der Waals surface area contributed by atoms with E-state index < -0.39 is 11.9 Å². The number of aryl methyl sites for hydroxylation is 1. The first-order valence-corrected chi connectivity index (χ1v) is 7.70. The molecule has 4 nitrogen and oxygen atoms in total. The second-order valence-corrected chi connectivity index (χ2v) is 5.68. The molecular weight excluding hydrogens is 266 g/mol. The molecule has 0 saturated heterocycles. The number of carbonyl (C=O) groups is 2. The molecule has 0 radical (unpaired) electrons. The highest BCUT2D eigenvalue weighted by Crippen LogP contribution is 2.30. The molecule has 4 heteroatoms. The van der Waals surface area contributed by atoms with Gasteiger partial charge in [0.05, 0.1) is 11.8 Å². The van der Waals surface area contributed by atoms with Gasteiger partial charge in [0.1, 0.15) is 0 Å². The summed E-state index contributed by atoms with van der Waals surface area (Å²) < 4.78 is 0. The fourth-order valence-electron chi connectivity index (χ4n) is 3.13. The fraction of sp³-hybridized carbons (Fsp3) is 0.529. The Balaban J connectivity index is 1.99. The molecule has 1 aliphatic rings. The molecule has 1 amide bonds. The summed E-state index contributed by atoms with van der Waals surface area (Å²) in [5, 5.41) is 12.2. The predicted molar refractivity (Wildman–Crippen MR) is 80.8 cm³/mol. The van der Waals surface area contributed by atoms with Crippen LogP contribution in [0.4, 0.5) is 0 Å². The van der Waals surface area contributed by atoms with Crippen LogP contribution in [0.2, 0.25) is 0 Å². The zero-order chi connectivity index (χ0) is 15.2. The van der Waals surface area contributed by atoms with Crippen LogP contribution in [0.1, 0.15) is 43.7 Å². The number of nitrogens with one attached hydrogen (secondary N) is 1. The average Bonchev–Trinajstić information content (AvgIpc) is 2.52. The van der Waals surface area contributed by atoms with Gasteiger partial charge in [0.2, 0.25) is 5.91 Å². The molecule has 0 aromatic heterocycles. The van der Waals surface area contributed by atoms with Gasteiger partial charge >= 0.3 is 5.97 Å². The molecule has 1 saturated carbocycles. The normalized spacial score (nSPS) is 21.8. The largest absolute Gasteiger partial charge is 0.481 e. The van der Waals surface area contributed by atoms with E-state index in [4.69, 9.17) is 0 Å². The van der Waals surface area contributed by atoms with Crippen molar-refractivity contribution in [3.8, 4) is 0 Å². The summed E-state index contributed by atoms with van der Waals surface area (Å²) in [5.41, 5.74) is 2.33. The third-order valence-electron chi connectivity index (χ3n) is 4.37. The summed E-state index contributed by atoms with van der Waals surface area (Å²) in [6.45, 7) is 2.56. The van der Waals surface area contributed by atoms with E-state index in [0.29, 0.717) is 19.4 Å². The maximum absolute atomic E-state index is 12.3. The van der Waals surface area contributed by atoms with Crippen molar-refractivity contribution in [3.63, 3.8) is 0 Å². The Morgan fingerprint density at radius 3 is 2.38 bits per heavy atom. The van der Waals surface area contributed by atoms with Crippen LogP contribution in [0.25, 0.3) is 0 Å². The number of hydrogen-bond donors (Lipinski definition) is 2. The van der Waals surface area contributed by atoms with E-state index >= 15 is 0 Å². The van der Waals surface area contributed by atoms with E-state index in [-0.39, 0.29) is 11.8 Å². The molecule has 1 fully saturated rings. The molecule has 1 aliphatic carbocycles. The minimum Gasteiger partial charge on any atom is -0.481 e. The van der Waals surface area contributed by atoms with Crippen LogP contribution in [0, 0.1) is 11.8 Å². The van der Waals surface area contributed by atoms with Crippen molar-refractivity contribution < 1.29 is 14.7 Å². The molecule has 0 spiro atoms. The third kappa shape index (κ3) is 3.84. The van der Waals surface area contributed by atoms with Gasteiger partial charge in [0.25, 0.3) is 0 Å². The summed E-state index contributed by atoms with van der Waals surface area (Å²) in [7, 11) is 0. The van der Waals surface area contributed by atoms with Crippen LogP contribution in [0.5, 0.6) is 0 Å². The molecule has 2 atom stereocenters. The molecule has 21 heavy (non-hydrogen) atoms. The number of amides is 1. The minimum absolute atomic E-state index is 0.118. The van der Waals surface area contributed by atoms with E-state index in [0.717, 1.165) is 24.8 Å². The lowest BCUT2D eigenvalue weighted by molar-refractivity contribution is -0.148. The molecular formula is C17H23NO3. The number of carboxylic acid groups (broad SMARTS) is 1. The van der Waals surface area contributed by atoms with Gasteiger partial charge in [-0.2, -0.15) is 0 Å². The smallest absolute Gasteiger partial charge is 0.307 e. The number of aliphatic carboxylic acids is 1. The van der Waals surface area contributed by atoms with Crippen molar-refractivity contribution >= 4 is 11.9 Å². The van der Waals surface area contributed by atoms with Gasteiger partial charge in [-0.1, -0.05) is 44.0 Å². The Hall–Kier alpha value is -1.84. The van der Waals surface area contributed by atoms with Crippen molar-refractivity contribution in [2.75, 3.05) is 0 Å². The number of benzene rings is 1. The van der Waals surface area contributed by atoms with Gasteiger partial charge < -0.3 is 10.4 Å². The van der Waals surface area contributed by atoms with Crippen molar-refractivity contribution in [1.82, 2.24) is 5.32 Å². The Labute approximate surface area is 125 Å². The molecule has 0 aliphatic heterocycles. The maximum Gasteiger partial charge on any atom is 0.307 e. The second kappa shape index (κ2) is 7.25. The summed E-state index contributed by atoms with van der Waals surface area (Å²) in [5.74, 6) is -1.87. The van der Waals surface area contributed by atoms with E-state index in [1.54, 1.807) is 0 Å². The van der Waals surface area contributed by atoms with Crippen molar-refractivity contribution in [3.05, 3.63) is 35.4 Å². The SMILES string of the molecule is CCc1ccccc1CNC(=O)[C@@H]1CCCC[C@@H]1C(=O)O. The fourth-order valence-corrected chi connectivity index (χ4v) is 3.13. The van der Waals surface area contributed by atoms with Crippen molar-refractivity contribution in [2.24, 2.45) is 11.8 Å². The molecule has 0 unspecified atom stereocenters. The van der Waals surface area contributed by atoms with Gasteiger partial charge in [-0.15, -0.1) is 0 Å². The lowest BCUT2D eigenvalue weighted by atomic mass is 9.78. The Morgan fingerprint density at radius 2 is 1.76 bits per heavy atom. The molecule has 2 N–H and O–H groups in total. The highest BCUT2D eigenvalue weighted by Gasteiger charge is 2.35. The van der Waals surface area contributed by atoms with E-state index in [9.17, 15) is 14.7 Å². The van der Waals surface area contributed by atoms with Crippen molar-refractivity contribution in [1.29, 1.82) is 0 Å². The molecule has 2 rings (SSSR count). The van der Waals surface area contributed by atoms with Crippen LogP contribution < -0.4 is 5.32 Å². The topological polar surface area (TPSA) is 66.4 Å². The minimum atomic E-state index is -0.844. The number of carbonyl (C=O) groups excluding carboxylic acids is 1. The quantitative estimate of drug-likeness (QED) is 0.876. The second-order valence-electron chi connectivity index (χ2n) is 5.68. The lowest BCUT2D eigenvalue weighted by Gasteiger charge is -2.27. The summed E-state index contributed by atoms with van der Waals surface area (Å²) in [6, 6.07) is 8.02. The monoisotopic (exact) mass is 289 g/mol. The zero-order valence-electron chi connectivity index (χ0n) is 12.5. The van der Waals surface area contributed by atoms with E-state index in [2.05, 4.69) is 18.3 Å². The average molecular weight is 289 g/mol. The first-order valence-electron chi connectivity index (χ1n) is 7.70. The zero-order valence-corrected chi connectivity index (χ0v) is 12.5. The third-order valence-corrected chi connectivity index (χ3v) is 4.37. The van der Waals surface area contributed by atoms with Crippen LogP contribution >= 0.6 is 0 Å². The van der Waals surface area contributed by atoms with Crippen molar-refractivity contribution in [2.45, 2.75) is 45.6 Å². The number of rotatable bonds is 5. The lowest BCUT2D eigenvalue weighted by Crippen LogP contribution is -2.39. The summed E-state index contributed by atoms with van der Waals surface area (Å²) in [6.07, 6.45) is 4.05. The van der Waals surface area contributed by atoms with Gasteiger partial charge in [0, 0.05) is 6.54 Å². The van der Waals surface area contributed by atoms with Crippen LogP contribution in [0.15, 0.2) is 24.3 Å². The van der Waals surface area contributed by atoms with Gasteiger partial charge in [-0.25, -0.2) is 0 Å². The Morgan fingerprint density at radius 1 is 1.14 bits per heavy atom. The first kappa shape index (κ1) is 15.5. The molecule has 1 aromatic carbocycles. The van der Waals surface area contributed by atoms with Gasteiger partial charge in [-0.05, 0) is 30.4 Å². The van der Waals surface area contributed by atoms with Crippen LogP contribution in [0.3, 0.4) is 0 Å². The van der Waals surface area contributed by atoms with E-state index in [1.807, 2.05) is 18.2 Å². The highest BCUT2D eigenvalue weighted by molar-refractivity contribution is 5.84. The summed E-state index contributed by atoms with van der Waals surface area (Å²) in [4.78, 5) is 23.6. The van der Waals surface area contributed by atoms with Gasteiger partial charge in [-0.3, -0.25) is 9.59 Å². The first-order chi connectivity index (χ1) is 10.1. The Bertz CT molecular complexity index is 513. The van der Waals surface area contributed by atoms with Crippen LogP contribution in [-0.4, -0.2) is 17.0 Å². The maximum atomic E-state index is 12.3. The van der Waals surface area contributed by atoms with Gasteiger partial charge in [0.15, 0.2) is 0 Å². The Kier molecular flexibility index (Phi) is 5.37. The standard InChI is InChI=1S/C17H23NO3/c1-2-12-7-3-4-8-13(12)11-18-16(19)14-9-5-6-10-15(14)17(20)21/h3-4,7-8,14-15H,2,5-6,9-11H2,1H3,(H,18,19)(H,20,21)/t14-,15+/m1/s1. The highest BCUT2D eigenvalue weighted by atomic mass is 16.4. The van der Waals surface area contributed by atoms with Crippen LogP contribution in [-0.2, 0) is 22.6 Å². The summed E-state index contributed by atoms with van der Waals surface area (Å²) >= 11 is 0.